The van der Waals surface area contributed by atoms with E-state index >= 15 is 0 Å². The molecule has 0 aromatic heterocycles. The van der Waals surface area contributed by atoms with Crippen molar-refractivity contribution in [2.75, 3.05) is 25.6 Å². The van der Waals surface area contributed by atoms with Gasteiger partial charge in [-0.2, -0.15) is 5.10 Å². The number of hydrogen-bond donors (Lipinski definition) is 2. The maximum Gasteiger partial charge on any atom is 0.344 e. The van der Waals surface area contributed by atoms with E-state index in [9.17, 15) is 14.4 Å². The van der Waals surface area contributed by atoms with Crippen LogP contribution in [0.2, 0.25) is 0 Å². The van der Waals surface area contributed by atoms with Gasteiger partial charge in [-0.1, -0.05) is 18.2 Å². The number of rotatable bonds is 11. The SMILES string of the molecule is CCOC(=O)COc1ccc(C=NNC(=O)CCC(=O)Nc2ccccc2)cc1OC. The van der Waals surface area contributed by atoms with Gasteiger partial charge in [-0.15, -0.1) is 0 Å². The number of benzene rings is 2. The number of hydrogen-bond acceptors (Lipinski definition) is 7. The monoisotopic (exact) mass is 427 g/mol. The minimum absolute atomic E-state index is 0.0000343. The first-order chi connectivity index (χ1) is 15.0. The van der Waals surface area contributed by atoms with Crippen molar-refractivity contribution in [3.8, 4) is 11.5 Å². The van der Waals surface area contributed by atoms with E-state index in [1.54, 1.807) is 37.3 Å². The number of hydrazone groups is 1. The summed E-state index contributed by atoms with van der Waals surface area (Å²) in [5.74, 6) is -0.344. The fraction of sp³-hybridized carbons (Fsp3) is 0.273. The third kappa shape index (κ3) is 8.57. The van der Waals surface area contributed by atoms with Crippen LogP contribution in [0.25, 0.3) is 0 Å². The average molecular weight is 427 g/mol. The Balaban J connectivity index is 1.79. The molecule has 0 atom stereocenters. The number of anilines is 1. The minimum atomic E-state index is -0.477. The third-order valence-corrected chi connectivity index (χ3v) is 3.88. The molecule has 0 aliphatic carbocycles. The number of methoxy groups -OCH3 is 1. The molecule has 0 radical (unpaired) electrons. The Labute approximate surface area is 180 Å². The van der Waals surface area contributed by atoms with Crippen molar-refractivity contribution < 1.29 is 28.6 Å². The highest BCUT2D eigenvalue weighted by molar-refractivity contribution is 5.93. The van der Waals surface area contributed by atoms with E-state index in [0.29, 0.717) is 22.7 Å². The molecule has 2 amide bonds. The van der Waals surface area contributed by atoms with Crippen molar-refractivity contribution in [3.63, 3.8) is 0 Å². The normalized spacial score (nSPS) is 10.4. The molecule has 2 rings (SSSR count). The number of carbonyl (C=O) groups excluding carboxylic acids is 3. The predicted molar refractivity (Wildman–Crippen MR) is 115 cm³/mol. The second kappa shape index (κ2) is 12.6. The van der Waals surface area contributed by atoms with Gasteiger partial charge >= 0.3 is 5.97 Å². The summed E-state index contributed by atoms with van der Waals surface area (Å²) in [6.45, 7) is 1.76. The van der Waals surface area contributed by atoms with Gasteiger partial charge in [0.05, 0.1) is 19.9 Å². The molecule has 0 spiro atoms. The highest BCUT2D eigenvalue weighted by Gasteiger charge is 2.09. The molecular weight excluding hydrogens is 402 g/mol. The van der Waals surface area contributed by atoms with Crippen molar-refractivity contribution in [1.29, 1.82) is 0 Å². The van der Waals surface area contributed by atoms with E-state index in [-0.39, 0.29) is 37.9 Å². The lowest BCUT2D eigenvalue weighted by atomic mass is 10.2. The molecule has 9 heteroatoms. The van der Waals surface area contributed by atoms with Gasteiger partial charge < -0.3 is 19.5 Å². The molecule has 0 aliphatic rings. The van der Waals surface area contributed by atoms with Crippen LogP contribution in [0.3, 0.4) is 0 Å². The maximum atomic E-state index is 11.9. The first-order valence-corrected chi connectivity index (χ1v) is 9.65. The Bertz CT molecular complexity index is 915. The molecule has 0 aliphatic heterocycles. The Hall–Kier alpha value is -3.88. The lowest BCUT2D eigenvalue weighted by molar-refractivity contribution is -0.145. The second-order valence-electron chi connectivity index (χ2n) is 6.21. The number of nitrogens with zero attached hydrogens (tertiary/aromatic N) is 1. The smallest absolute Gasteiger partial charge is 0.344 e. The zero-order valence-electron chi connectivity index (χ0n) is 17.4. The summed E-state index contributed by atoms with van der Waals surface area (Å²) in [6.07, 6.45) is 1.47. The number of para-hydroxylation sites is 1. The summed E-state index contributed by atoms with van der Waals surface area (Å²) in [5, 5.41) is 6.59. The molecule has 2 aromatic carbocycles. The molecule has 164 valence electrons. The summed E-state index contributed by atoms with van der Waals surface area (Å²) >= 11 is 0. The molecule has 2 N–H and O–H groups in total. The summed E-state index contributed by atoms with van der Waals surface area (Å²) in [4.78, 5) is 35.1. The molecule has 31 heavy (non-hydrogen) atoms. The van der Waals surface area contributed by atoms with Crippen LogP contribution in [0.5, 0.6) is 11.5 Å². The van der Waals surface area contributed by atoms with Gasteiger partial charge in [-0.3, -0.25) is 9.59 Å². The van der Waals surface area contributed by atoms with Crippen LogP contribution < -0.4 is 20.2 Å². The van der Waals surface area contributed by atoms with Crippen molar-refractivity contribution >= 4 is 29.7 Å². The van der Waals surface area contributed by atoms with Gasteiger partial charge in [0, 0.05) is 18.5 Å². The van der Waals surface area contributed by atoms with Crippen LogP contribution in [0.4, 0.5) is 5.69 Å². The quantitative estimate of drug-likeness (QED) is 0.323. The average Bonchev–Trinajstić information content (AvgIpc) is 2.77. The second-order valence-corrected chi connectivity index (χ2v) is 6.21. The Morgan fingerprint density at radius 2 is 1.74 bits per heavy atom. The fourth-order valence-corrected chi connectivity index (χ4v) is 2.43. The molecule has 0 heterocycles. The van der Waals surface area contributed by atoms with Crippen molar-refractivity contribution in [1.82, 2.24) is 5.43 Å². The van der Waals surface area contributed by atoms with Crippen molar-refractivity contribution in [2.45, 2.75) is 19.8 Å². The third-order valence-electron chi connectivity index (χ3n) is 3.88. The van der Waals surface area contributed by atoms with Crippen LogP contribution in [-0.2, 0) is 19.1 Å². The molecule has 0 bridgehead atoms. The predicted octanol–water partition coefficient (Wildman–Crippen LogP) is 2.51. The van der Waals surface area contributed by atoms with Gasteiger partial charge in [0.15, 0.2) is 18.1 Å². The van der Waals surface area contributed by atoms with Crippen molar-refractivity contribution in [2.24, 2.45) is 5.10 Å². The number of amides is 2. The van der Waals surface area contributed by atoms with Gasteiger partial charge in [0.1, 0.15) is 0 Å². The Kier molecular flexibility index (Phi) is 9.54. The Morgan fingerprint density at radius 3 is 2.45 bits per heavy atom. The molecule has 0 fully saturated rings. The molecule has 0 saturated carbocycles. The van der Waals surface area contributed by atoms with E-state index < -0.39 is 5.97 Å². The number of nitrogens with one attached hydrogen (secondary N) is 2. The zero-order chi connectivity index (χ0) is 22.5. The molecule has 0 saturated heterocycles. The first-order valence-electron chi connectivity index (χ1n) is 9.65. The van der Waals surface area contributed by atoms with Crippen LogP contribution in [-0.4, -0.2) is 44.3 Å². The standard InChI is InChI=1S/C22H25N3O6/c1-3-30-22(28)15-31-18-10-9-16(13-19(18)29-2)14-23-25-21(27)12-11-20(26)24-17-7-5-4-6-8-17/h4-10,13-14H,3,11-12,15H2,1-2H3,(H,24,26)(H,25,27). The number of carbonyl (C=O) groups is 3. The zero-order valence-corrected chi connectivity index (χ0v) is 17.4. The van der Waals surface area contributed by atoms with E-state index in [0.717, 1.165) is 0 Å². The molecular formula is C22H25N3O6. The van der Waals surface area contributed by atoms with Crippen LogP contribution >= 0.6 is 0 Å². The van der Waals surface area contributed by atoms with Crippen LogP contribution in [0.1, 0.15) is 25.3 Å². The van der Waals surface area contributed by atoms with Crippen LogP contribution in [0.15, 0.2) is 53.6 Å². The highest BCUT2D eigenvalue weighted by Crippen LogP contribution is 2.27. The highest BCUT2D eigenvalue weighted by atomic mass is 16.6. The number of ether oxygens (including phenoxy) is 3. The van der Waals surface area contributed by atoms with Gasteiger partial charge in [0.2, 0.25) is 11.8 Å². The lowest BCUT2D eigenvalue weighted by Crippen LogP contribution is -2.20. The minimum Gasteiger partial charge on any atom is -0.493 e. The Morgan fingerprint density at radius 1 is 1.00 bits per heavy atom. The summed E-state index contributed by atoms with van der Waals surface area (Å²) in [7, 11) is 1.47. The molecule has 9 nitrogen and oxygen atoms in total. The molecule has 0 unspecified atom stereocenters. The summed E-state index contributed by atoms with van der Waals surface area (Å²) < 4.78 is 15.4. The maximum absolute atomic E-state index is 11.9. The van der Waals surface area contributed by atoms with E-state index in [1.807, 2.05) is 18.2 Å². The topological polar surface area (TPSA) is 115 Å². The fourth-order valence-electron chi connectivity index (χ4n) is 2.43. The lowest BCUT2D eigenvalue weighted by Gasteiger charge is -2.10. The largest absolute Gasteiger partial charge is 0.493 e. The first kappa shape index (κ1) is 23.4. The van der Waals surface area contributed by atoms with E-state index in [4.69, 9.17) is 14.2 Å². The van der Waals surface area contributed by atoms with Gasteiger partial charge in [-0.05, 0) is 42.8 Å². The van der Waals surface area contributed by atoms with E-state index in [2.05, 4.69) is 15.8 Å². The number of esters is 1. The van der Waals surface area contributed by atoms with Gasteiger partial charge in [-0.25, -0.2) is 10.2 Å². The van der Waals surface area contributed by atoms with Gasteiger partial charge in [0.25, 0.3) is 0 Å². The van der Waals surface area contributed by atoms with E-state index in [1.165, 1.54) is 13.3 Å². The summed E-state index contributed by atoms with van der Waals surface area (Å²) in [5.41, 5.74) is 3.69. The van der Waals surface area contributed by atoms with Crippen LogP contribution in [0, 0.1) is 0 Å². The summed E-state index contributed by atoms with van der Waals surface area (Å²) in [6, 6.07) is 14.0. The van der Waals surface area contributed by atoms with Crippen molar-refractivity contribution in [3.05, 3.63) is 54.1 Å². The molecule has 2 aromatic rings.